The Kier molecular flexibility index (Phi) is 3.58. The highest BCUT2D eigenvalue weighted by atomic mass is 16.1. The van der Waals surface area contributed by atoms with Crippen molar-refractivity contribution in [3.05, 3.63) is 34.7 Å². The minimum Gasteiger partial charge on any atom is -0.368 e. The monoisotopic (exact) mass is 313 g/mol. The maximum absolute atomic E-state index is 12.3. The molecule has 2 saturated heterocycles. The molecule has 2 fully saturated rings. The van der Waals surface area contributed by atoms with Gasteiger partial charge in [0.25, 0.3) is 5.56 Å². The first-order valence-corrected chi connectivity index (χ1v) is 8.31. The third-order valence-electron chi connectivity index (χ3n) is 5.19. The van der Waals surface area contributed by atoms with Crippen molar-refractivity contribution >= 4 is 16.7 Å². The molecule has 6 nitrogen and oxygen atoms in total. The van der Waals surface area contributed by atoms with E-state index in [2.05, 4.69) is 33.1 Å². The molecule has 2 atom stereocenters. The molecule has 0 aliphatic carbocycles. The molecule has 0 bridgehead atoms. The van der Waals surface area contributed by atoms with E-state index >= 15 is 0 Å². The van der Waals surface area contributed by atoms with E-state index in [0.29, 0.717) is 12.1 Å². The fraction of sp³-hybridized carbons (Fsp3) is 0.529. The normalized spacial score (nSPS) is 25.6. The minimum atomic E-state index is 0.00283. The van der Waals surface area contributed by atoms with Crippen molar-refractivity contribution < 1.29 is 0 Å². The third-order valence-corrected chi connectivity index (χ3v) is 5.19. The summed E-state index contributed by atoms with van der Waals surface area (Å²) >= 11 is 0. The molecule has 1 N–H and O–H groups in total. The molecule has 0 spiro atoms. The summed E-state index contributed by atoms with van der Waals surface area (Å²) in [6.45, 7) is 7.38. The largest absolute Gasteiger partial charge is 0.368 e. The van der Waals surface area contributed by atoms with Crippen molar-refractivity contribution in [2.24, 2.45) is 7.05 Å². The molecule has 2 aliphatic heterocycles. The summed E-state index contributed by atoms with van der Waals surface area (Å²) < 4.78 is 1.63. The number of pyridine rings is 2. The second kappa shape index (κ2) is 5.62. The first-order chi connectivity index (χ1) is 11.1. The maximum atomic E-state index is 12.3. The number of rotatable bonds is 1. The van der Waals surface area contributed by atoms with Crippen molar-refractivity contribution in [3.8, 4) is 0 Å². The van der Waals surface area contributed by atoms with Crippen molar-refractivity contribution in [1.29, 1.82) is 0 Å². The molecule has 122 valence electrons. The molecular weight excluding hydrogens is 290 g/mol. The van der Waals surface area contributed by atoms with E-state index in [9.17, 15) is 4.79 Å². The number of aryl methyl sites for hydroxylation is 1. The molecule has 0 unspecified atom stereocenters. The van der Waals surface area contributed by atoms with Crippen molar-refractivity contribution in [2.45, 2.75) is 19.0 Å². The molecule has 2 aromatic rings. The Morgan fingerprint density at radius 2 is 2.22 bits per heavy atom. The molecule has 0 saturated carbocycles. The Balaban J connectivity index is 1.77. The van der Waals surface area contributed by atoms with Gasteiger partial charge >= 0.3 is 0 Å². The number of aromatic nitrogens is 2. The Bertz CT molecular complexity index is 786. The molecule has 0 amide bonds. The van der Waals surface area contributed by atoms with Crippen LogP contribution in [0.3, 0.4) is 0 Å². The smallest absolute Gasteiger partial charge is 0.253 e. The first kappa shape index (κ1) is 14.7. The van der Waals surface area contributed by atoms with E-state index in [0.717, 1.165) is 49.4 Å². The van der Waals surface area contributed by atoms with Gasteiger partial charge in [0.05, 0.1) is 5.69 Å². The van der Waals surface area contributed by atoms with Crippen LogP contribution >= 0.6 is 0 Å². The number of hydrogen-bond donors (Lipinski definition) is 1. The zero-order valence-electron chi connectivity index (χ0n) is 13.7. The van der Waals surface area contributed by atoms with Gasteiger partial charge in [0, 0.05) is 69.5 Å². The van der Waals surface area contributed by atoms with Crippen LogP contribution in [-0.2, 0) is 7.05 Å². The maximum Gasteiger partial charge on any atom is 0.253 e. The Hall–Kier alpha value is -1.92. The average molecular weight is 313 g/mol. The van der Waals surface area contributed by atoms with E-state index in [1.54, 1.807) is 23.9 Å². The quantitative estimate of drug-likeness (QED) is 0.827. The van der Waals surface area contributed by atoms with Crippen molar-refractivity contribution in [3.63, 3.8) is 0 Å². The van der Waals surface area contributed by atoms with Crippen LogP contribution in [0.4, 0.5) is 5.69 Å². The Morgan fingerprint density at radius 3 is 3.09 bits per heavy atom. The molecule has 4 heterocycles. The van der Waals surface area contributed by atoms with Gasteiger partial charge in [-0.2, -0.15) is 0 Å². The lowest BCUT2D eigenvalue weighted by molar-refractivity contribution is 0.0971. The second-order valence-corrected chi connectivity index (χ2v) is 6.65. The van der Waals surface area contributed by atoms with E-state index < -0.39 is 0 Å². The van der Waals surface area contributed by atoms with E-state index in [4.69, 9.17) is 0 Å². The van der Waals surface area contributed by atoms with Gasteiger partial charge in [-0.3, -0.25) is 14.3 Å². The van der Waals surface area contributed by atoms with E-state index in [-0.39, 0.29) is 5.56 Å². The lowest BCUT2D eigenvalue weighted by atomic mass is 10.0. The summed E-state index contributed by atoms with van der Waals surface area (Å²) in [5.74, 6) is 0. The number of anilines is 1. The zero-order chi connectivity index (χ0) is 16.0. The van der Waals surface area contributed by atoms with E-state index in [1.807, 2.05) is 6.07 Å². The van der Waals surface area contributed by atoms with Gasteiger partial charge in [0.15, 0.2) is 0 Å². The SMILES string of the molecule is C[C@H]1CN(c2cc(=O)n(C)c3ncccc23)C[C@@H]2CNCCN21. The summed E-state index contributed by atoms with van der Waals surface area (Å²) in [6.07, 6.45) is 1.75. The third kappa shape index (κ3) is 2.42. The van der Waals surface area contributed by atoms with Crippen LogP contribution in [-0.4, -0.2) is 59.3 Å². The van der Waals surface area contributed by atoms with Crippen LogP contribution in [0.15, 0.2) is 29.2 Å². The molecule has 0 radical (unpaired) electrons. The Morgan fingerprint density at radius 1 is 1.35 bits per heavy atom. The number of nitrogens with one attached hydrogen (secondary N) is 1. The van der Waals surface area contributed by atoms with Gasteiger partial charge in [-0.1, -0.05) is 0 Å². The van der Waals surface area contributed by atoms with Gasteiger partial charge in [-0.15, -0.1) is 0 Å². The fourth-order valence-corrected chi connectivity index (χ4v) is 4.00. The predicted octanol–water partition coefficient (Wildman–Crippen LogP) is 0.416. The number of hydrogen-bond acceptors (Lipinski definition) is 5. The lowest BCUT2D eigenvalue weighted by Crippen LogP contribution is -2.64. The highest BCUT2D eigenvalue weighted by Crippen LogP contribution is 2.28. The molecule has 4 rings (SSSR count). The standard InChI is InChI=1S/C17H23N5O/c1-12-10-21(11-13-9-18-6-7-22(12)13)15-8-16(23)20(2)17-14(15)4-3-5-19-17/h3-5,8,12-13,18H,6-7,9-11H2,1-2H3/t12-,13-/m0/s1. The molecule has 6 heteroatoms. The predicted molar refractivity (Wildman–Crippen MR) is 92.0 cm³/mol. The van der Waals surface area contributed by atoms with Crippen LogP contribution < -0.4 is 15.8 Å². The fourth-order valence-electron chi connectivity index (χ4n) is 4.00. The van der Waals surface area contributed by atoms with Gasteiger partial charge in [0.2, 0.25) is 0 Å². The van der Waals surface area contributed by atoms with Crippen LogP contribution in [0.25, 0.3) is 11.0 Å². The van der Waals surface area contributed by atoms with Gasteiger partial charge in [-0.05, 0) is 19.1 Å². The number of nitrogens with zero attached hydrogens (tertiary/aromatic N) is 4. The topological polar surface area (TPSA) is 53.4 Å². The van der Waals surface area contributed by atoms with Crippen molar-refractivity contribution in [2.75, 3.05) is 37.6 Å². The first-order valence-electron chi connectivity index (χ1n) is 8.31. The number of fused-ring (bicyclic) bond motifs is 2. The molecule has 2 aliphatic rings. The van der Waals surface area contributed by atoms with E-state index in [1.165, 1.54) is 0 Å². The molecule has 2 aromatic heterocycles. The highest BCUT2D eigenvalue weighted by Gasteiger charge is 2.34. The Labute approximate surface area is 135 Å². The average Bonchev–Trinajstić information content (AvgIpc) is 2.58. The van der Waals surface area contributed by atoms with Crippen LogP contribution in [0.2, 0.25) is 0 Å². The lowest BCUT2D eigenvalue weighted by Gasteiger charge is -2.49. The number of piperazine rings is 2. The van der Waals surface area contributed by atoms with Crippen LogP contribution in [0.5, 0.6) is 0 Å². The molecule has 0 aromatic carbocycles. The zero-order valence-corrected chi connectivity index (χ0v) is 13.7. The summed E-state index contributed by atoms with van der Waals surface area (Å²) in [7, 11) is 1.78. The molecular formula is C17H23N5O. The van der Waals surface area contributed by atoms with Gasteiger partial charge in [-0.25, -0.2) is 4.98 Å². The highest BCUT2D eigenvalue weighted by molar-refractivity contribution is 5.89. The summed E-state index contributed by atoms with van der Waals surface area (Å²) in [5.41, 5.74) is 1.78. The summed E-state index contributed by atoms with van der Waals surface area (Å²) in [6, 6.07) is 6.77. The van der Waals surface area contributed by atoms with Gasteiger partial charge < -0.3 is 10.2 Å². The summed E-state index contributed by atoms with van der Waals surface area (Å²) in [5, 5.41) is 4.54. The van der Waals surface area contributed by atoms with Crippen LogP contribution in [0, 0.1) is 0 Å². The van der Waals surface area contributed by atoms with Crippen molar-refractivity contribution in [1.82, 2.24) is 19.8 Å². The van der Waals surface area contributed by atoms with Gasteiger partial charge in [0.1, 0.15) is 5.65 Å². The second-order valence-electron chi connectivity index (χ2n) is 6.65. The minimum absolute atomic E-state index is 0.00283. The molecule has 23 heavy (non-hydrogen) atoms. The van der Waals surface area contributed by atoms with Crippen LogP contribution in [0.1, 0.15) is 6.92 Å². The summed E-state index contributed by atoms with van der Waals surface area (Å²) in [4.78, 5) is 21.7.